The highest BCUT2D eigenvalue weighted by Gasteiger charge is 2.62. The van der Waals surface area contributed by atoms with E-state index in [4.69, 9.17) is 0 Å². The molecule has 4 aromatic heterocycles. The van der Waals surface area contributed by atoms with Crippen molar-refractivity contribution >= 4 is 28.1 Å². The molecular formula is C20H18F5N7. The van der Waals surface area contributed by atoms with Crippen LogP contribution in [0.25, 0.3) is 33.5 Å². The molecule has 1 aliphatic rings. The third-order valence-electron chi connectivity index (χ3n) is 5.85. The lowest BCUT2D eigenvalue weighted by molar-refractivity contribution is -0.182. The van der Waals surface area contributed by atoms with E-state index < -0.39 is 24.6 Å². The van der Waals surface area contributed by atoms with Gasteiger partial charge in [-0.1, -0.05) is 0 Å². The molecule has 7 nitrogen and oxygen atoms in total. The van der Waals surface area contributed by atoms with E-state index in [0.29, 0.717) is 39.3 Å². The van der Waals surface area contributed by atoms with E-state index in [2.05, 4.69) is 30.2 Å². The predicted octanol–water partition coefficient (Wildman–Crippen LogP) is 4.70. The number of hydrogen-bond acceptors (Lipinski definition) is 5. The van der Waals surface area contributed by atoms with Crippen molar-refractivity contribution < 1.29 is 22.0 Å². The molecule has 0 radical (unpaired) electrons. The Kier molecular flexibility index (Phi) is 4.57. The number of nitrogens with zero attached hydrogens (tertiary/aromatic N) is 5. The highest BCUT2D eigenvalue weighted by atomic mass is 19.4. The molecule has 4 aromatic rings. The smallest absolute Gasteiger partial charge is 0.353 e. The Morgan fingerprint density at radius 3 is 2.66 bits per heavy atom. The average molecular weight is 451 g/mol. The quantitative estimate of drug-likeness (QED) is 0.415. The molecule has 168 valence electrons. The summed E-state index contributed by atoms with van der Waals surface area (Å²) >= 11 is 0. The molecule has 0 amide bonds. The summed E-state index contributed by atoms with van der Waals surface area (Å²) in [5.74, 6) is 0.533. The lowest BCUT2D eigenvalue weighted by Crippen LogP contribution is -2.31. The highest BCUT2D eigenvalue weighted by molar-refractivity contribution is 5.93. The van der Waals surface area contributed by atoms with Crippen molar-refractivity contribution in [3.8, 4) is 11.3 Å². The van der Waals surface area contributed by atoms with Crippen molar-refractivity contribution in [2.45, 2.75) is 38.9 Å². The number of anilines is 1. The van der Waals surface area contributed by atoms with Crippen LogP contribution in [-0.2, 0) is 6.54 Å². The van der Waals surface area contributed by atoms with Crippen molar-refractivity contribution in [2.24, 2.45) is 5.41 Å². The first kappa shape index (κ1) is 20.6. The predicted molar refractivity (Wildman–Crippen MR) is 107 cm³/mol. The molecule has 4 heterocycles. The molecule has 12 heteroatoms. The second-order valence-corrected chi connectivity index (χ2v) is 7.99. The SMILES string of the molecule is Cc1nc2ccc(-c3c[nH]c4nc(NCC5(C(F)(F)F)CC5)ncc34)nc2n1CC(F)F. The molecule has 32 heavy (non-hydrogen) atoms. The Bertz CT molecular complexity index is 1300. The minimum atomic E-state index is -4.26. The van der Waals surface area contributed by atoms with Crippen LogP contribution in [0.2, 0.25) is 0 Å². The average Bonchev–Trinajstić information content (AvgIpc) is 3.34. The molecule has 1 saturated carbocycles. The summed E-state index contributed by atoms with van der Waals surface area (Å²) < 4.78 is 66.6. The molecule has 5 rings (SSSR count). The second-order valence-electron chi connectivity index (χ2n) is 7.99. The first-order chi connectivity index (χ1) is 15.2. The van der Waals surface area contributed by atoms with Crippen LogP contribution in [0, 0.1) is 12.3 Å². The van der Waals surface area contributed by atoms with Crippen molar-refractivity contribution in [3.63, 3.8) is 0 Å². The molecule has 0 unspecified atom stereocenters. The zero-order valence-electron chi connectivity index (χ0n) is 16.8. The fourth-order valence-electron chi connectivity index (χ4n) is 3.79. The number of nitrogens with one attached hydrogen (secondary N) is 2. The summed E-state index contributed by atoms with van der Waals surface area (Å²) in [6.45, 7) is 0.855. The molecule has 0 bridgehead atoms. The van der Waals surface area contributed by atoms with Crippen LogP contribution >= 0.6 is 0 Å². The topological polar surface area (TPSA) is 84.3 Å². The number of aromatic nitrogens is 6. The maximum Gasteiger partial charge on any atom is 0.396 e. The van der Waals surface area contributed by atoms with E-state index >= 15 is 0 Å². The van der Waals surface area contributed by atoms with Crippen molar-refractivity contribution in [2.75, 3.05) is 11.9 Å². The molecule has 0 atom stereocenters. The first-order valence-corrected chi connectivity index (χ1v) is 9.94. The summed E-state index contributed by atoms with van der Waals surface area (Å²) in [5.41, 5.74) is 0.727. The maximum absolute atomic E-state index is 13.1. The molecule has 2 N–H and O–H groups in total. The van der Waals surface area contributed by atoms with Crippen LogP contribution in [0.4, 0.5) is 27.9 Å². The zero-order chi connectivity index (χ0) is 22.7. The van der Waals surface area contributed by atoms with Gasteiger partial charge in [-0.05, 0) is 31.9 Å². The lowest BCUT2D eigenvalue weighted by Gasteiger charge is -2.19. The fourth-order valence-corrected chi connectivity index (χ4v) is 3.79. The van der Waals surface area contributed by atoms with Crippen LogP contribution in [-0.4, -0.2) is 48.6 Å². The van der Waals surface area contributed by atoms with E-state index in [9.17, 15) is 22.0 Å². The van der Waals surface area contributed by atoms with Gasteiger partial charge in [0.2, 0.25) is 5.95 Å². The number of H-pyrrole nitrogens is 1. The van der Waals surface area contributed by atoms with E-state index in [1.807, 2.05) is 0 Å². The molecule has 0 spiro atoms. The lowest BCUT2D eigenvalue weighted by atomic mass is 10.1. The number of imidazole rings is 1. The van der Waals surface area contributed by atoms with Gasteiger partial charge in [0.15, 0.2) is 5.65 Å². The van der Waals surface area contributed by atoms with E-state index in [-0.39, 0.29) is 25.3 Å². The van der Waals surface area contributed by atoms with Gasteiger partial charge in [-0.2, -0.15) is 18.2 Å². The van der Waals surface area contributed by atoms with Crippen LogP contribution in [0.5, 0.6) is 0 Å². The van der Waals surface area contributed by atoms with Crippen LogP contribution < -0.4 is 5.32 Å². The van der Waals surface area contributed by atoms with Crippen molar-refractivity contribution in [1.82, 2.24) is 29.5 Å². The molecule has 0 saturated heterocycles. The van der Waals surface area contributed by atoms with E-state index in [1.54, 1.807) is 25.3 Å². The monoisotopic (exact) mass is 451 g/mol. The first-order valence-electron chi connectivity index (χ1n) is 9.94. The van der Waals surface area contributed by atoms with E-state index in [1.165, 1.54) is 10.8 Å². The largest absolute Gasteiger partial charge is 0.396 e. The van der Waals surface area contributed by atoms with Gasteiger partial charge in [-0.15, -0.1) is 0 Å². The van der Waals surface area contributed by atoms with E-state index in [0.717, 1.165) is 0 Å². The van der Waals surface area contributed by atoms with Gasteiger partial charge in [0, 0.05) is 29.9 Å². The minimum Gasteiger partial charge on any atom is -0.353 e. The maximum atomic E-state index is 13.1. The zero-order valence-corrected chi connectivity index (χ0v) is 16.8. The number of pyridine rings is 1. The Hall–Kier alpha value is -3.31. The number of rotatable bonds is 6. The fraction of sp³-hybridized carbons (Fsp3) is 0.400. The summed E-state index contributed by atoms with van der Waals surface area (Å²) in [6, 6.07) is 3.42. The Labute approximate surface area is 178 Å². The Balaban J connectivity index is 1.44. The Morgan fingerprint density at radius 2 is 1.97 bits per heavy atom. The summed E-state index contributed by atoms with van der Waals surface area (Å²) in [7, 11) is 0. The van der Waals surface area contributed by atoms with Gasteiger partial charge in [0.1, 0.15) is 17.0 Å². The minimum absolute atomic E-state index is 0.0914. The molecule has 1 aliphatic carbocycles. The van der Waals surface area contributed by atoms with Gasteiger partial charge in [-0.3, -0.25) is 0 Å². The normalized spacial score (nSPS) is 15.7. The summed E-state index contributed by atoms with van der Waals surface area (Å²) in [4.78, 5) is 20.2. The highest BCUT2D eigenvalue weighted by Crippen LogP contribution is 2.57. The molecule has 0 aromatic carbocycles. The van der Waals surface area contributed by atoms with Crippen LogP contribution in [0.3, 0.4) is 0 Å². The number of fused-ring (bicyclic) bond motifs is 2. The van der Waals surface area contributed by atoms with Crippen molar-refractivity contribution in [1.29, 1.82) is 0 Å². The van der Waals surface area contributed by atoms with Gasteiger partial charge < -0.3 is 14.9 Å². The van der Waals surface area contributed by atoms with Crippen LogP contribution in [0.15, 0.2) is 24.5 Å². The molecule has 1 fully saturated rings. The number of halogens is 5. The number of hydrogen-bond donors (Lipinski definition) is 2. The van der Waals surface area contributed by atoms with Gasteiger partial charge >= 0.3 is 6.18 Å². The number of alkyl halides is 5. The number of aryl methyl sites for hydroxylation is 1. The van der Waals surface area contributed by atoms with Gasteiger partial charge in [-0.25, -0.2) is 23.7 Å². The second kappa shape index (κ2) is 7.10. The van der Waals surface area contributed by atoms with Crippen molar-refractivity contribution in [3.05, 3.63) is 30.4 Å². The third kappa shape index (κ3) is 3.43. The standard InChI is InChI=1S/C20H18F5N7/c1-10-29-14-3-2-13(30-17(14)32(10)8-15(21)22)11-6-26-16-12(11)7-27-18(31-16)28-9-19(4-5-19)20(23,24)25/h2-3,6-7,15H,4-5,8-9H2,1H3,(H2,26,27,28,31). The third-order valence-corrected chi connectivity index (χ3v) is 5.85. The van der Waals surface area contributed by atoms with Crippen LogP contribution in [0.1, 0.15) is 18.7 Å². The summed E-state index contributed by atoms with van der Waals surface area (Å²) in [6.07, 6.45) is -3.48. The summed E-state index contributed by atoms with van der Waals surface area (Å²) in [5, 5.41) is 3.29. The Morgan fingerprint density at radius 1 is 1.19 bits per heavy atom. The van der Waals surface area contributed by atoms with Gasteiger partial charge in [0.25, 0.3) is 6.43 Å². The molecule has 0 aliphatic heterocycles. The molecular weight excluding hydrogens is 433 g/mol. The van der Waals surface area contributed by atoms with Gasteiger partial charge in [0.05, 0.1) is 17.7 Å². The number of aromatic amines is 1.